The summed E-state index contributed by atoms with van der Waals surface area (Å²) in [5.74, 6) is 1.44. The SMILES string of the molecule is COc1cc(C=C(C#N)c2nc3ccccc3[nH]2)c(Br)cc1OCc1ccc([N+](=O)[O-])cc1. The van der Waals surface area contributed by atoms with Crippen molar-refractivity contribution in [1.82, 2.24) is 9.97 Å². The highest BCUT2D eigenvalue weighted by Crippen LogP contribution is 2.36. The molecule has 0 bridgehead atoms. The average Bonchev–Trinajstić information content (AvgIpc) is 3.26. The van der Waals surface area contributed by atoms with Crippen LogP contribution in [0, 0.1) is 21.4 Å². The number of para-hydroxylation sites is 2. The summed E-state index contributed by atoms with van der Waals surface area (Å²) in [5.41, 5.74) is 3.51. The van der Waals surface area contributed by atoms with Gasteiger partial charge in [-0.3, -0.25) is 10.1 Å². The Labute approximate surface area is 197 Å². The number of nitro benzene ring substituents is 1. The fraction of sp³-hybridized carbons (Fsp3) is 0.0833. The van der Waals surface area contributed by atoms with E-state index >= 15 is 0 Å². The predicted molar refractivity (Wildman–Crippen MR) is 128 cm³/mol. The van der Waals surface area contributed by atoms with Gasteiger partial charge in [-0.25, -0.2) is 4.98 Å². The summed E-state index contributed by atoms with van der Waals surface area (Å²) in [4.78, 5) is 18.0. The standard InChI is InChI=1S/C24H17BrN4O4/c1-32-22-11-16(10-17(13-26)24-27-20-4-2-3-5-21(20)28-24)19(25)12-23(22)33-14-15-6-8-18(9-7-15)29(30)31/h2-12H,14H2,1H3,(H,27,28). The number of imidazole rings is 1. The lowest BCUT2D eigenvalue weighted by molar-refractivity contribution is -0.384. The van der Waals surface area contributed by atoms with E-state index in [1.165, 1.54) is 19.2 Å². The predicted octanol–water partition coefficient (Wildman–Crippen LogP) is 5.89. The van der Waals surface area contributed by atoms with Crippen molar-refractivity contribution in [1.29, 1.82) is 5.26 Å². The van der Waals surface area contributed by atoms with E-state index in [2.05, 4.69) is 32.0 Å². The largest absolute Gasteiger partial charge is 0.493 e. The molecule has 0 saturated carbocycles. The molecule has 1 aromatic heterocycles. The molecular weight excluding hydrogens is 488 g/mol. The van der Waals surface area contributed by atoms with Gasteiger partial charge in [0.05, 0.1) is 28.6 Å². The normalized spacial score (nSPS) is 11.2. The number of non-ortho nitro benzene ring substituents is 1. The molecule has 1 heterocycles. The van der Waals surface area contributed by atoms with Crippen molar-refractivity contribution in [3.05, 3.63) is 92.2 Å². The molecule has 0 unspecified atom stereocenters. The van der Waals surface area contributed by atoms with Gasteiger partial charge in [-0.1, -0.05) is 28.1 Å². The number of methoxy groups -OCH3 is 1. The van der Waals surface area contributed by atoms with Crippen molar-refractivity contribution >= 4 is 44.3 Å². The molecule has 0 spiro atoms. The van der Waals surface area contributed by atoms with Gasteiger partial charge in [-0.05, 0) is 53.6 Å². The fourth-order valence-corrected chi connectivity index (χ4v) is 3.64. The number of halogens is 1. The molecular formula is C24H17BrN4O4. The smallest absolute Gasteiger partial charge is 0.269 e. The maximum atomic E-state index is 10.8. The molecule has 0 fully saturated rings. The first kappa shape index (κ1) is 22.0. The van der Waals surface area contributed by atoms with Gasteiger partial charge in [0.2, 0.25) is 0 Å². The summed E-state index contributed by atoms with van der Waals surface area (Å²) in [6.45, 7) is 0.207. The van der Waals surface area contributed by atoms with Crippen molar-refractivity contribution in [2.24, 2.45) is 0 Å². The van der Waals surface area contributed by atoms with Gasteiger partial charge in [0, 0.05) is 16.6 Å². The highest BCUT2D eigenvalue weighted by molar-refractivity contribution is 9.10. The van der Waals surface area contributed by atoms with Crippen molar-refractivity contribution in [3.63, 3.8) is 0 Å². The molecule has 4 aromatic rings. The Bertz CT molecular complexity index is 1370. The Morgan fingerprint density at radius 3 is 2.64 bits per heavy atom. The van der Waals surface area contributed by atoms with Gasteiger partial charge in [0.25, 0.3) is 5.69 Å². The van der Waals surface area contributed by atoms with Crippen molar-refractivity contribution in [3.8, 4) is 17.6 Å². The summed E-state index contributed by atoms with van der Waals surface area (Å²) in [6.07, 6.45) is 1.71. The third kappa shape index (κ3) is 4.86. The van der Waals surface area contributed by atoms with E-state index in [4.69, 9.17) is 9.47 Å². The number of allylic oxidation sites excluding steroid dienone is 1. The van der Waals surface area contributed by atoms with E-state index in [1.54, 1.807) is 30.3 Å². The minimum Gasteiger partial charge on any atom is -0.493 e. The van der Waals surface area contributed by atoms with Crippen LogP contribution in [0.25, 0.3) is 22.7 Å². The molecule has 0 radical (unpaired) electrons. The lowest BCUT2D eigenvalue weighted by Crippen LogP contribution is -1.99. The number of aromatic nitrogens is 2. The van der Waals surface area contributed by atoms with Crippen LogP contribution in [0.15, 0.2) is 65.1 Å². The number of benzene rings is 3. The molecule has 4 rings (SSSR count). The molecule has 8 nitrogen and oxygen atoms in total. The Balaban J connectivity index is 1.59. The number of aromatic amines is 1. The molecule has 164 valence electrons. The van der Waals surface area contributed by atoms with Gasteiger partial charge >= 0.3 is 0 Å². The van der Waals surface area contributed by atoms with Crippen LogP contribution in [-0.2, 0) is 6.61 Å². The maximum Gasteiger partial charge on any atom is 0.269 e. The van der Waals surface area contributed by atoms with Gasteiger partial charge in [0.1, 0.15) is 18.5 Å². The zero-order valence-corrected chi connectivity index (χ0v) is 19.0. The molecule has 33 heavy (non-hydrogen) atoms. The van der Waals surface area contributed by atoms with Crippen molar-refractivity contribution in [2.45, 2.75) is 6.61 Å². The number of H-pyrrole nitrogens is 1. The van der Waals surface area contributed by atoms with E-state index < -0.39 is 4.92 Å². The van der Waals surface area contributed by atoms with Gasteiger partial charge < -0.3 is 14.5 Å². The number of nitrogens with one attached hydrogen (secondary N) is 1. The molecule has 0 atom stereocenters. The first-order valence-electron chi connectivity index (χ1n) is 9.79. The quantitative estimate of drug-likeness (QED) is 0.191. The molecule has 0 aliphatic carbocycles. The van der Waals surface area contributed by atoms with Crippen LogP contribution in [0.3, 0.4) is 0 Å². The lowest BCUT2D eigenvalue weighted by atomic mass is 10.1. The molecule has 0 amide bonds. The number of fused-ring (bicyclic) bond motifs is 1. The summed E-state index contributed by atoms with van der Waals surface area (Å²) in [5, 5.41) is 20.5. The monoisotopic (exact) mass is 504 g/mol. The van der Waals surface area contributed by atoms with E-state index in [1.807, 2.05) is 24.3 Å². The zero-order chi connectivity index (χ0) is 23.4. The lowest BCUT2D eigenvalue weighted by Gasteiger charge is -2.13. The number of ether oxygens (including phenoxy) is 2. The number of nitriles is 1. The Morgan fingerprint density at radius 1 is 1.21 bits per heavy atom. The highest BCUT2D eigenvalue weighted by Gasteiger charge is 2.13. The van der Waals surface area contributed by atoms with E-state index in [9.17, 15) is 15.4 Å². The van der Waals surface area contributed by atoms with Crippen LogP contribution >= 0.6 is 15.9 Å². The molecule has 3 aromatic carbocycles. The molecule has 9 heteroatoms. The van der Waals surface area contributed by atoms with E-state index in [0.717, 1.165) is 16.6 Å². The second-order valence-corrected chi connectivity index (χ2v) is 7.86. The third-order valence-electron chi connectivity index (χ3n) is 4.89. The second kappa shape index (κ2) is 9.54. The Hall–Kier alpha value is -4.16. The summed E-state index contributed by atoms with van der Waals surface area (Å²) < 4.78 is 12.1. The summed E-state index contributed by atoms with van der Waals surface area (Å²) in [7, 11) is 1.53. The van der Waals surface area contributed by atoms with Gasteiger partial charge in [-0.2, -0.15) is 5.26 Å². The summed E-state index contributed by atoms with van der Waals surface area (Å²) in [6, 6.07) is 19.4. The molecule has 0 saturated heterocycles. The van der Waals surface area contributed by atoms with E-state index in [-0.39, 0.29) is 12.3 Å². The summed E-state index contributed by atoms with van der Waals surface area (Å²) >= 11 is 3.53. The number of nitrogens with zero attached hydrogens (tertiary/aromatic N) is 3. The van der Waals surface area contributed by atoms with E-state index in [0.29, 0.717) is 32.9 Å². The zero-order valence-electron chi connectivity index (χ0n) is 17.4. The maximum absolute atomic E-state index is 10.8. The van der Waals surface area contributed by atoms with Gasteiger partial charge in [-0.15, -0.1) is 0 Å². The number of hydrogen-bond acceptors (Lipinski definition) is 6. The number of rotatable bonds is 7. The first-order chi connectivity index (χ1) is 16.0. The van der Waals surface area contributed by atoms with Crippen LogP contribution in [-0.4, -0.2) is 22.0 Å². The topological polar surface area (TPSA) is 114 Å². The minimum atomic E-state index is -0.447. The van der Waals surface area contributed by atoms with Crippen LogP contribution in [0.4, 0.5) is 5.69 Å². The molecule has 0 aliphatic rings. The van der Waals surface area contributed by atoms with Crippen LogP contribution in [0.2, 0.25) is 0 Å². The average molecular weight is 505 g/mol. The van der Waals surface area contributed by atoms with Crippen molar-refractivity contribution in [2.75, 3.05) is 7.11 Å². The van der Waals surface area contributed by atoms with Crippen molar-refractivity contribution < 1.29 is 14.4 Å². The van der Waals surface area contributed by atoms with Crippen LogP contribution in [0.5, 0.6) is 11.5 Å². The number of nitro groups is 1. The fourth-order valence-electron chi connectivity index (χ4n) is 3.20. The Kier molecular flexibility index (Phi) is 6.38. The number of hydrogen-bond donors (Lipinski definition) is 1. The molecule has 0 aliphatic heterocycles. The Morgan fingerprint density at radius 2 is 1.97 bits per heavy atom. The molecule has 1 N–H and O–H groups in total. The second-order valence-electron chi connectivity index (χ2n) is 7.01. The van der Waals surface area contributed by atoms with Crippen LogP contribution < -0.4 is 9.47 Å². The minimum absolute atomic E-state index is 0.0213. The third-order valence-corrected chi connectivity index (χ3v) is 5.58. The first-order valence-corrected chi connectivity index (χ1v) is 10.6. The highest BCUT2D eigenvalue weighted by atomic mass is 79.9. The van der Waals surface area contributed by atoms with Gasteiger partial charge in [0.15, 0.2) is 11.5 Å². The van der Waals surface area contributed by atoms with Crippen LogP contribution in [0.1, 0.15) is 17.0 Å².